The normalized spacial score (nSPS) is 12.4. The van der Waals surface area contributed by atoms with E-state index in [-0.39, 0.29) is 6.03 Å². The maximum absolute atomic E-state index is 12.1. The summed E-state index contributed by atoms with van der Waals surface area (Å²) in [5.74, 6) is -2.51. The monoisotopic (exact) mass is 373 g/mol. The Balaban J connectivity index is 0.000000279. The van der Waals surface area contributed by atoms with Crippen molar-refractivity contribution in [1.82, 2.24) is 15.0 Å². The average molecular weight is 373 g/mol. The topological polar surface area (TPSA) is 128 Å². The number of anilines is 2. The van der Waals surface area contributed by atoms with Gasteiger partial charge in [0.15, 0.2) is 0 Å². The molecular formula is C17H19N5O5. The molecule has 2 amide bonds. The van der Waals surface area contributed by atoms with Crippen LogP contribution in [0.25, 0.3) is 0 Å². The Morgan fingerprint density at radius 3 is 2.41 bits per heavy atom. The zero-order valence-corrected chi connectivity index (χ0v) is 14.7. The van der Waals surface area contributed by atoms with Crippen molar-refractivity contribution in [1.29, 1.82) is 0 Å². The third-order valence-corrected chi connectivity index (χ3v) is 3.70. The second kappa shape index (κ2) is 8.52. The zero-order valence-electron chi connectivity index (χ0n) is 14.7. The fraction of sp³-hybridized carbons (Fsp3) is 0.176. The number of urea groups is 1. The molecule has 3 heterocycles. The van der Waals surface area contributed by atoms with Crippen LogP contribution in [-0.4, -0.2) is 51.9 Å². The molecule has 0 radical (unpaired) electrons. The van der Waals surface area contributed by atoms with Gasteiger partial charge in [-0.1, -0.05) is 0 Å². The number of nitrogens with one attached hydrogen (secondary N) is 1. The first-order chi connectivity index (χ1) is 12.8. The molecule has 10 heteroatoms. The van der Waals surface area contributed by atoms with Gasteiger partial charge in [-0.2, -0.15) is 0 Å². The quantitative estimate of drug-likeness (QED) is 0.674. The Hall–Kier alpha value is -3.82. The molecule has 0 fully saturated rings. The first kappa shape index (κ1) is 19.5. The minimum absolute atomic E-state index is 0.141. The van der Waals surface area contributed by atoms with Crippen molar-refractivity contribution in [3.63, 3.8) is 0 Å². The lowest BCUT2D eigenvalue weighted by atomic mass is 10.3. The Kier molecular flexibility index (Phi) is 6.15. The van der Waals surface area contributed by atoms with E-state index >= 15 is 0 Å². The zero-order chi connectivity index (χ0) is 20.0. The predicted octanol–water partition coefficient (Wildman–Crippen LogP) is 1.15. The van der Waals surface area contributed by atoms with Gasteiger partial charge in [0, 0.05) is 38.6 Å². The number of carboxylic acids is 2. The maximum atomic E-state index is 12.1. The van der Waals surface area contributed by atoms with Crippen LogP contribution in [0, 0.1) is 0 Å². The van der Waals surface area contributed by atoms with Gasteiger partial charge in [0.2, 0.25) is 0 Å². The second-order valence-corrected chi connectivity index (χ2v) is 5.38. The number of carbonyl (C=O) groups excluding carboxylic acids is 1. The number of aliphatic carboxylic acids is 2. The van der Waals surface area contributed by atoms with Crippen LogP contribution in [0.2, 0.25) is 0 Å². The Morgan fingerprint density at radius 1 is 1.15 bits per heavy atom. The molecule has 0 bridgehead atoms. The number of amides is 2. The largest absolute Gasteiger partial charge is 0.478 e. The molecule has 2 aromatic rings. The van der Waals surface area contributed by atoms with Crippen molar-refractivity contribution in [3.05, 3.63) is 54.6 Å². The third kappa shape index (κ3) is 4.63. The minimum atomic E-state index is -1.26. The highest BCUT2D eigenvalue weighted by Gasteiger charge is 2.25. The van der Waals surface area contributed by atoms with Gasteiger partial charge in [-0.25, -0.2) is 14.4 Å². The second-order valence-electron chi connectivity index (χ2n) is 5.38. The Morgan fingerprint density at radius 2 is 1.81 bits per heavy atom. The molecule has 10 nitrogen and oxygen atoms in total. The van der Waals surface area contributed by atoms with Crippen LogP contribution in [0.5, 0.6) is 0 Å². The molecule has 0 spiro atoms. The highest BCUT2D eigenvalue weighted by molar-refractivity contribution is 5.95. The molecule has 0 atom stereocenters. The highest BCUT2D eigenvalue weighted by Crippen LogP contribution is 2.32. The lowest BCUT2D eigenvalue weighted by Gasteiger charge is -2.23. The van der Waals surface area contributed by atoms with E-state index in [0.29, 0.717) is 18.7 Å². The summed E-state index contributed by atoms with van der Waals surface area (Å²) in [7, 11) is 3.60. The van der Waals surface area contributed by atoms with E-state index in [2.05, 4.69) is 10.3 Å². The fourth-order valence-corrected chi connectivity index (χ4v) is 2.51. The number of carboxylic acid groups (broad SMARTS) is 2. The van der Waals surface area contributed by atoms with Crippen molar-refractivity contribution >= 4 is 29.3 Å². The van der Waals surface area contributed by atoms with Gasteiger partial charge in [-0.15, -0.1) is 0 Å². The molecule has 0 aromatic carbocycles. The molecule has 0 unspecified atom stereocenters. The number of fused-ring (bicyclic) bond motifs is 2. The summed E-state index contributed by atoms with van der Waals surface area (Å²) in [6.45, 7) is 0.510. The smallest absolute Gasteiger partial charge is 0.328 e. The molecular weight excluding hydrogens is 354 g/mol. The van der Waals surface area contributed by atoms with Crippen LogP contribution >= 0.6 is 0 Å². The van der Waals surface area contributed by atoms with Crippen LogP contribution in [0.3, 0.4) is 0 Å². The minimum Gasteiger partial charge on any atom is -0.478 e. The lowest BCUT2D eigenvalue weighted by molar-refractivity contribution is -0.134. The lowest BCUT2D eigenvalue weighted by Crippen LogP contribution is -2.37. The number of pyridine rings is 1. The summed E-state index contributed by atoms with van der Waals surface area (Å²) >= 11 is 0. The number of rotatable bonds is 2. The van der Waals surface area contributed by atoms with Crippen molar-refractivity contribution in [2.45, 2.75) is 6.54 Å². The van der Waals surface area contributed by atoms with Crippen LogP contribution in [0.15, 0.2) is 48.9 Å². The molecule has 1 aliphatic heterocycles. The molecule has 0 saturated heterocycles. The van der Waals surface area contributed by atoms with Gasteiger partial charge in [-0.05, 0) is 18.2 Å². The highest BCUT2D eigenvalue weighted by atomic mass is 16.4. The number of carbonyl (C=O) groups is 3. The van der Waals surface area contributed by atoms with Crippen molar-refractivity contribution in [2.75, 3.05) is 24.0 Å². The Bertz CT molecular complexity index is 860. The summed E-state index contributed by atoms with van der Waals surface area (Å²) in [5.41, 5.74) is 2.78. The average Bonchev–Trinajstić information content (AvgIpc) is 3.08. The number of hydrogen-bond donors (Lipinski definition) is 3. The summed E-state index contributed by atoms with van der Waals surface area (Å²) in [6.07, 6.45) is 6.54. The van der Waals surface area contributed by atoms with Crippen LogP contribution in [-0.2, 0) is 16.1 Å². The van der Waals surface area contributed by atoms with E-state index in [1.54, 1.807) is 24.3 Å². The summed E-state index contributed by atoms with van der Waals surface area (Å²) in [6, 6.07) is 5.74. The van der Waals surface area contributed by atoms with Gasteiger partial charge in [0.25, 0.3) is 0 Å². The van der Waals surface area contributed by atoms with Crippen molar-refractivity contribution in [2.24, 2.45) is 0 Å². The van der Waals surface area contributed by atoms with Gasteiger partial charge in [-0.3, -0.25) is 19.6 Å². The number of hydrogen-bond acceptors (Lipinski definition) is 5. The molecule has 0 saturated carbocycles. The summed E-state index contributed by atoms with van der Waals surface area (Å²) in [5, 5.41) is 20.3. The fourth-order valence-electron chi connectivity index (χ4n) is 2.51. The first-order valence-electron chi connectivity index (χ1n) is 7.82. The van der Waals surface area contributed by atoms with Gasteiger partial charge in [0.1, 0.15) is 0 Å². The maximum Gasteiger partial charge on any atom is 0.328 e. The van der Waals surface area contributed by atoms with E-state index in [4.69, 9.17) is 10.2 Å². The molecule has 2 aromatic heterocycles. The molecule has 0 aliphatic carbocycles. The van der Waals surface area contributed by atoms with Crippen LogP contribution in [0.1, 0.15) is 5.69 Å². The molecule has 3 rings (SSSR count). The van der Waals surface area contributed by atoms with Gasteiger partial charge in [0.05, 0.1) is 29.8 Å². The van der Waals surface area contributed by atoms with Crippen molar-refractivity contribution in [3.8, 4) is 0 Å². The molecule has 1 aliphatic rings. The standard InChI is InChI=1S/C13H15N5O.C4H4O4/c1-14-13(19)17-9-10-4-3-7-18(10)16(2)11-5-6-15-8-12(11)17;5-3(6)1-2-4(7)8/h3-8H,9H2,1-2H3,(H,14,19);1-2H,(H,5,6)(H,7,8). The number of nitrogens with zero attached hydrogens (tertiary/aromatic N) is 4. The molecule has 27 heavy (non-hydrogen) atoms. The van der Waals surface area contributed by atoms with E-state index in [1.807, 2.05) is 41.1 Å². The van der Waals surface area contributed by atoms with Crippen LogP contribution < -0.4 is 15.2 Å². The molecule has 142 valence electrons. The van der Waals surface area contributed by atoms with E-state index < -0.39 is 11.9 Å². The Labute approximate surface area is 154 Å². The van der Waals surface area contributed by atoms with E-state index in [9.17, 15) is 14.4 Å². The van der Waals surface area contributed by atoms with Crippen molar-refractivity contribution < 1.29 is 24.6 Å². The summed E-state index contributed by atoms with van der Waals surface area (Å²) in [4.78, 5) is 37.0. The summed E-state index contributed by atoms with van der Waals surface area (Å²) < 4.78 is 2.03. The van der Waals surface area contributed by atoms with Gasteiger partial charge >= 0.3 is 18.0 Å². The van der Waals surface area contributed by atoms with Gasteiger partial charge < -0.3 is 15.5 Å². The SMILES string of the molecule is CNC(=O)N1Cc2cccn2N(C)c2ccncc21.O=C(O)C=CC(=O)O. The third-order valence-electron chi connectivity index (χ3n) is 3.70. The number of aromatic nitrogens is 2. The molecule has 3 N–H and O–H groups in total. The first-order valence-corrected chi connectivity index (χ1v) is 7.82. The van der Waals surface area contributed by atoms with Crippen LogP contribution in [0.4, 0.5) is 16.2 Å². The van der Waals surface area contributed by atoms with E-state index in [1.165, 1.54) is 0 Å². The van der Waals surface area contributed by atoms with E-state index in [0.717, 1.165) is 17.1 Å². The predicted molar refractivity (Wildman–Crippen MR) is 97.5 cm³/mol.